The van der Waals surface area contributed by atoms with Gasteiger partial charge in [-0.2, -0.15) is 0 Å². The van der Waals surface area contributed by atoms with Crippen LogP contribution < -0.4 is 10.6 Å². The largest absolute Gasteiger partial charge is 0.352 e. The summed E-state index contributed by atoms with van der Waals surface area (Å²) in [7, 11) is 0. The van der Waals surface area contributed by atoms with Crippen LogP contribution in [0.3, 0.4) is 0 Å². The van der Waals surface area contributed by atoms with Crippen LogP contribution >= 0.6 is 0 Å². The normalized spacial score (nSPS) is 12.2. The maximum absolute atomic E-state index is 11.8. The van der Waals surface area contributed by atoms with Gasteiger partial charge in [0.15, 0.2) is 0 Å². The Morgan fingerprint density at radius 3 is 2.33 bits per heavy atom. The molecule has 3 heteroatoms. The molecular weight excluding hydrogens is 224 g/mol. The van der Waals surface area contributed by atoms with E-state index in [-0.39, 0.29) is 11.8 Å². The van der Waals surface area contributed by atoms with Crippen molar-refractivity contribution in [3.8, 4) is 0 Å². The number of carbonyl (C=O) groups is 1. The number of benzene rings is 1. The standard InChI is InChI=1S/C15H24N2O/c1-4-13-6-8-14(9-7-13)11-17-15(18)12(3)10-16-5-2/h6-9,12,16H,4-5,10-11H2,1-3H3,(H,17,18). The second kappa shape index (κ2) is 7.88. The molecule has 2 N–H and O–H groups in total. The molecular formula is C15H24N2O. The van der Waals surface area contributed by atoms with Gasteiger partial charge in [-0.15, -0.1) is 0 Å². The molecule has 100 valence electrons. The van der Waals surface area contributed by atoms with E-state index in [1.165, 1.54) is 5.56 Å². The zero-order chi connectivity index (χ0) is 13.4. The lowest BCUT2D eigenvalue weighted by molar-refractivity contribution is -0.124. The third kappa shape index (κ3) is 4.88. The average molecular weight is 248 g/mol. The molecule has 0 fully saturated rings. The molecule has 1 atom stereocenters. The molecule has 0 spiro atoms. The zero-order valence-corrected chi connectivity index (χ0v) is 11.6. The second-order valence-electron chi connectivity index (χ2n) is 4.60. The molecule has 0 saturated carbocycles. The van der Waals surface area contributed by atoms with E-state index in [1.54, 1.807) is 0 Å². The van der Waals surface area contributed by atoms with Crippen LogP contribution in [0.2, 0.25) is 0 Å². The molecule has 0 bridgehead atoms. The van der Waals surface area contributed by atoms with Gasteiger partial charge in [-0.1, -0.05) is 45.0 Å². The van der Waals surface area contributed by atoms with E-state index >= 15 is 0 Å². The van der Waals surface area contributed by atoms with E-state index in [2.05, 4.69) is 41.8 Å². The van der Waals surface area contributed by atoms with E-state index in [4.69, 9.17) is 0 Å². The molecule has 3 nitrogen and oxygen atoms in total. The molecule has 0 aromatic heterocycles. The Kier molecular flexibility index (Phi) is 6.44. The van der Waals surface area contributed by atoms with Crippen molar-refractivity contribution in [2.75, 3.05) is 13.1 Å². The molecule has 0 aliphatic heterocycles. The summed E-state index contributed by atoms with van der Waals surface area (Å²) in [5.41, 5.74) is 2.47. The van der Waals surface area contributed by atoms with Gasteiger partial charge in [0.1, 0.15) is 0 Å². The van der Waals surface area contributed by atoms with Crippen molar-refractivity contribution in [1.29, 1.82) is 0 Å². The Labute approximate surface area is 110 Å². The maximum atomic E-state index is 11.8. The molecule has 1 rings (SSSR count). The lowest BCUT2D eigenvalue weighted by Gasteiger charge is -2.12. The number of amides is 1. The molecule has 0 radical (unpaired) electrons. The smallest absolute Gasteiger partial charge is 0.224 e. The molecule has 1 aromatic carbocycles. The van der Waals surface area contributed by atoms with Gasteiger partial charge in [-0.3, -0.25) is 4.79 Å². The van der Waals surface area contributed by atoms with Crippen LogP contribution in [0.5, 0.6) is 0 Å². The number of nitrogens with one attached hydrogen (secondary N) is 2. The van der Waals surface area contributed by atoms with E-state index < -0.39 is 0 Å². The van der Waals surface area contributed by atoms with Gasteiger partial charge in [0.05, 0.1) is 0 Å². The van der Waals surface area contributed by atoms with Crippen LogP contribution in [-0.4, -0.2) is 19.0 Å². The number of aryl methyl sites for hydroxylation is 1. The molecule has 1 aromatic rings. The van der Waals surface area contributed by atoms with Crippen molar-refractivity contribution >= 4 is 5.91 Å². The fraction of sp³-hybridized carbons (Fsp3) is 0.533. The Bertz CT molecular complexity index is 359. The van der Waals surface area contributed by atoms with Crippen molar-refractivity contribution in [2.45, 2.75) is 33.7 Å². The Hall–Kier alpha value is -1.35. The van der Waals surface area contributed by atoms with Crippen LogP contribution in [0.1, 0.15) is 31.9 Å². The molecule has 18 heavy (non-hydrogen) atoms. The molecule has 1 amide bonds. The third-order valence-electron chi connectivity index (χ3n) is 3.05. The Balaban J connectivity index is 2.37. The van der Waals surface area contributed by atoms with Gasteiger partial charge in [-0.25, -0.2) is 0 Å². The van der Waals surface area contributed by atoms with Crippen LogP contribution in [0.15, 0.2) is 24.3 Å². The van der Waals surface area contributed by atoms with E-state index in [0.29, 0.717) is 6.54 Å². The topological polar surface area (TPSA) is 41.1 Å². The first-order chi connectivity index (χ1) is 8.67. The van der Waals surface area contributed by atoms with E-state index in [1.807, 2.05) is 13.8 Å². The highest BCUT2D eigenvalue weighted by atomic mass is 16.1. The summed E-state index contributed by atoms with van der Waals surface area (Å²) >= 11 is 0. The minimum absolute atomic E-state index is 0.0138. The van der Waals surface area contributed by atoms with E-state index in [9.17, 15) is 4.79 Å². The summed E-state index contributed by atoms with van der Waals surface area (Å²) in [5.74, 6) is 0.121. The first-order valence-corrected chi connectivity index (χ1v) is 6.73. The second-order valence-corrected chi connectivity index (χ2v) is 4.60. The lowest BCUT2D eigenvalue weighted by Crippen LogP contribution is -2.34. The molecule has 1 unspecified atom stereocenters. The third-order valence-corrected chi connectivity index (χ3v) is 3.05. The quantitative estimate of drug-likeness (QED) is 0.776. The van der Waals surface area contributed by atoms with Gasteiger partial charge in [-0.05, 0) is 24.1 Å². The average Bonchev–Trinajstić information content (AvgIpc) is 2.42. The first-order valence-electron chi connectivity index (χ1n) is 6.73. The van der Waals surface area contributed by atoms with Gasteiger partial charge >= 0.3 is 0 Å². The number of rotatable bonds is 7. The highest BCUT2D eigenvalue weighted by molar-refractivity contribution is 5.78. The van der Waals surface area contributed by atoms with Gasteiger partial charge in [0, 0.05) is 19.0 Å². The summed E-state index contributed by atoms with van der Waals surface area (Å²) < 4.78 is 0. The molecule has 0 aliphatic rings. The molecule has 0 aliphatic carbocycles. The summed E-state index contributed by atoms with van der Waals surface area (Å²) in [6, 6.07) is 8.38. The van der Waals surface area contributed by atoms with Crippen molar-refractivity contribution in [2.24, 2.45) is 5.92 Å². The minimum atomic E-state index is 0.0138. The highest BCUT2D eigenvalue weighted by Gasteiger charge is 2.11. The zero-order valence-electron chi connectivity index (χ0n) is 11.6. The monoisotopic (exact) mass is 248 g/mol. The van der Waals surface area contributed by atoms with Crippen LogP contribution in [0.4, 0.5) is 0 Å². The van der Waals surface area contributed by atoms with Gasteiger partial charge in [0.2, 0.25) is 5.91 Å². The predicted octanol–water partition coefficient (Wildman–Crippen LogP) is 2.11. The maximum Gasteiger partial charge on any atom is 0.224 e. The molecule has 0 saturated heterocycles. The van der Waals surface area contributed by atoms with Crippen LogP contribution in [-0.2, 0) is 17.8 Å². The predicted molar refractivity (Wildman–Crippen MR) is 75.4 cm³/mol. The summed E-state index contributed by atoms with van der Waals surface area (Å²) in [6.07, 6.45) is 1.05. The first kappa shape index (κ1) is 14.7. The minimum Gasteiger partial charge on any atom is -0.352 e. The summed E-state index contributed by atoms with van der Waals surface area (Å²) in [5, 5.41) is 6.15. The summed E-state index contributed by atoms with van der Waals surface area (Å²) in [6.45, 7) is 8.36. The molecule has 0 heterocycles. The van der Waals surface area contributed by atoms with Gasteiger partial charge < -0.3 is 10.6 Å². The number of hydrogen-bond donors (Lipinski definition) is 2. The van der Waals surface area contributed by atoms with Crippen molar-refractivity contribution in [3.05, 3.63) is 35.4 Å². The fourth-order valence-electron chi connectivity index (χ4n) is 1.71. The Morgan fingerprint density at radius 1 is 1.17 bits per heavy atom. The van der Waals surface area contributed by atoms with E-state index in [0.717, 1.165) is 25.1 Å². The van der Waals surface area contributed by atoms with Gasteiger partial charge in [0.25, 0.3) is 0 Å². The van der Waals surface area contributed by atoms with Crippen molar-refractivity contribution in [3.63, 3.8) is 0 Å². The van der Waals surface area contributed by atoms with Crippen molar-refractivity contribution < 1.29 is 4.79 Å². The summed E-state index contributed by atoms with van der Waals surface area (Å²) in [4.78, 5) is 11.8. The van der Waals surface area contributed by atoms with Crippen molar-refractivity contribution in [1.82, 2.24) is 10.6 Å². The number of carbonyl (C=O) groups excluding carboxylic acids is 1. The SMILES string of the molecule is CCNCC(C)C(=O)NCc1ccc(CC)cc1. The highest BCUT2D eigenvalue weighted by Crippen LogP contribution is 2.05. The van der Waals surface area contributed by atoms with Crippen LogP contribution in [0.25, 0.3) is 0 Å². The fourth-order valence-corrected chi connectivity index (χ4v) is 1.71. The number of hydrogen-bond acceptors (Lipinski definition) is 2. The lowest BCUT2D eigenvalue weighted by atomic mass is 10.1. The van der Waals surface area contributed by atoms with Crippen LogP contribution in [0, 0.1) is 5.92 Å². The Morgan fingerprint density at radius 2 is 1.78 bits per heavy atom.